The third-order valence-electron chi connectivity index (χ3n) is 2.69. The van der Waals surface area contributed by atoms with Gasteiger partial charge in [-0.2, -0.15) is 0 Å². The molecular formula is C12H18N2O2. The number of benzene rings is 1. The van der Waals surface area contributed by atoms with Gasteiger partial charge < -0.3 is 15.7 Å². The Morgan fingerprint density at radius 1 is 1.38 bits per heavy atom. The summed E-state index contributed by atoms with van der Waals surface area (Å²) in [7, 11) is 3.67. The van der Waals surface area contributed by atoms with E-state index in [4.69, 9.17) is 10.8 Å². The first kappa shape index (κ1) is 12.7. The first-order valence-electron chi connectivity index (χ1n) is 5.15. The van der Waals surface area contributed by atoms with Gasteiger partial charge in [-0.05, 0) is 32.1 Å². The number of rotatable bonds is 4. The topological polar surface area (TPSA) is 66.6 Å². The van der Waals surface area contributed by atoms with Gasteiger partial charge in [0, 0.05) is 0 Å². The van der Waals surface area contributed by atoms with E-state index < -0.39 is 12.0 Å². The lowest BCUT2D eigenvalue weighted by Crippen LogP contribution is -2.43. The second kappa shape index (κ2) is 5.09. The Bertz CT molecular complexity index is 377. The molecule has 3 N–H and O–H groups in total. The molecule has 0 saturated carbocycles. The number of likely N-dealkylation sites (N-methyl/N-ethyl adjacent to an activating group) is 1. The van der Waals surface area contributed by atoms with E-state index in [-0.39, 0.29) is 6.04 Å². The number of aryl methyl sites for hydroxylation is 1. The minimum atomic E-state index is -0.984. The summed E-state index contributed by atoms with van der Waals surface area (Å²) in [4.78, 5) is 12.8. The van der Waals surface area contributed by atoms with Crippen LogP contribution in [0, 0.1) is 6.92 Å². The summed E-state index contributed by atoms with van der Waals surface area (Å²) in [6.45, 7) is 1.96. The van der Waals surface area contributed by atoms with Gasteiger partial charge in [0.25, 0.3) is 0 Å². The van der Waals surface area contributed by atoms with Gasteiger partial charge >= 0.3 is 5.97 Å². The molecule has 88 valence electrons. The molecule has 4 nitrogen and oxygen atoms in total. The van der Waals surface area contributed by atoms with E-state index >= 15 is 0 Å². The molecule has 0 aliphatic rings. The average molecular weight is 222 g/mol. The Hall–Kier alpha value is -1.39. The van der Waals surface area contributed by atoms with Gasteiger partial charge in [0.05, 0.1) is 6.04 Å². The third-order valence-corrected chi connectivity index (χ3v) is 2.69. The van der Waals surface area contributed by atoms with Crippen LogP contribution in [0.5, 0.6) is 0 Å². The molecule has 0 aliphatic carbocycles. The van der Waals surface area contributed by atoms with Crippen molar-refractivity contribution in [2.45, 2.75) is 19.0 Å². The van der Waals surface area contributed by atoms with Gasteiger partial charge in [-0.3, -0.25) is 4.79 Å². The number of hydrogen-bond acceptors (Lipinski definition) is 3. The van der Waals surface area contributed by atoms with Crippen LogP contribution in [0.15, 0.2) is 24.3 Å². The molecule has 1 rings (SSSR count). The maximum Gasteiger partial charge on any atom is 0.322 e. The van der Waals surface area contributed by atoms with Gasteiger partial charge in [-0.25, -0.2) is 0 Å². The van der Waals surface area contributed by atoms with Crippen molar-refractivity contribution in [3.8, 4) is 0 Å². The van der Waals surface area contributed by atoms with Gasteiger partial charge in [0.2, 0.25) is 0 Å². The number of carboxylic acid groups (broad SMARTS) is 1. The zero-order valence-electron chi connectivity index (χ0n) is 9.84. The first-order valence-corrected chi connectivity index (χ1v) is 5.15. The Morgan fingerprint density at radius 2 is 1.94 bits per heavy atom. The van der Waals surface area contributed by atoms with E-state index in [1.165, 1.54) is 0 Å². The van der Waals surface area contributed by atoms with Crippen molar-refractivity contribution in [3.05, 3.63) is 35.4 Å². The van der Waals surface area contributed by atoms with Crippen LogP contribution in [-0.4, -0.2) is 36.1 Å². The predicted octanol–water partition coefficient (Wildman–Crippen LogP) is 1.01. The summed E-state index contributed by atoms with van der Waals surface area (Å²) in [6.07, 6.45) is 0. The van der Waals surface area contributed by atoms with Crippen LogP contribution >= 0.6 is 0 Å². The fourth-order valence-corrected chi connectivity index (χ4v) is 1.85. The Kier molecular flexibility index (Phi) is 4.04. The number of hydrogen-bond donors (Lipinski definition) is 2. The SMILES string of the molecule is Cc1ccccc1C(C(N)C(=O)O)N(C)C. The first-order chi connectivity index (χ1) is 7.45. The second-order valence-electron chi connectivity index (χ2n) is 4.13. The molecule has 0 bridgehead atoms. The zero-order chi connectivity index (χ0) is 12.3. The molecule has 1 aromatic rings. The van der Waals surface area contributed by atoms with Gasteiger partial charge in [0.1, 0.15) is 6.04 Å². The Labute approximate surface area is 95.7 Å². The number of nitrogens with two attached hydrogens (primary N) is 1. The van der Waals surface area contributed by atoms with Crippen LogP contribution in [0.25, 0.3) is 0 Å². The molecule has 0 aromatic heterocycles. The molecule has 16 heavy (non-hydrogen) atoms. The number of aliphatic carboxylic acids is 1. The maximum absolute atomic E-state index is 11.0. The summed E-state index contributed by atoms with van der Waals surface area (Å²) in [5.74, 6) is -0.984. The maximum atomic E-state index is 11.0. The highest BCUT2D eigenvalue weighted by Crippen LogP contribution is 2.24. The molecule has 2 unspecified atom stereocenters. The summed E-state index contributed by atoms with van der Waals surface area (Å²) in [5, 5.41) is 9.00. The molecule has 0 fully saturated rings. The highest BCUT2D eigenvalue weighted by Gasteiger charge is 2.28. The van der Waals surface area contributed by atoms with Crippen molar-refractivity contribution in [1.29, 1.82) is 0 Å². The van der Waals surface area contributed by atoms with Gasteiger partial charge in [0.15, 0.2) is 0 Å². The van der Waals surface area contributed by atoms with Crippen LogP contribution in [-0.2, 0) is 4.79 Å². The van der Waals surface area contributed by atoms with Gasteiger partial charge in [-0.15, -0.1) is 0 Å². The molecule has 0 aliphatic heterocycles. The van der Waals surface area contributed by atoms with E-state index in [1.807, 2.05) is 50.2 Å². The fraction of sp³-hybridized carbons (Fsp3) is 0.417. The minimum absolute atomic E-state index is 0.307. The Morgan fingerprint density at radius 3 is 2.38 bits per heavy atom. The highest BCUT2D eigenvalue weighted by molar-refractivity contribution is 5.74. The van der Waals surface area contributed by atoms with Crippen LogP contribution in [0.4, 0.5) is 0 Å². The van der Waals surface area contributed by atoms with E-state index in [1.54, 1.807) is 0 Å². The number of nitrogens with zero attached hydrogens (tertiary/aromatic N) is 1. The lowest BCUT2D eigenvalue weighted by Gasteiger charge is -2.29. The minimum Gasteiger partial charge on any atom is -0.480 e. The second-order valence-corrected chi connectivity index (χ2v) is 4.13. The van der Waals surface area contributed by atoms with Crippen LogP contribution in [0.2, 0.25) is 0 Å². The lowest BCUT2D eigenvalue weighted by atomic mass is 9.95. The quantitative estimate of drug-likeness (QED) is 0.798. The molecule has 4 heteroatoms. The average Bonchev–Trinajstić information content (AvgIpc) is 2.20. The number of carbonyl (C=O) groups is 1. The van der Waals surface area contributed by atoms with Crippen LogP contribution < -0.4 is 5.73 Å². The van der Waals surface area contributed by atoms with E-state index in [9.17, 15) is 4.79 Å². The molecule has 0 heterocycles. The van der Waals surface area contributed by atoms with E-state index in [0.29, 0.717) is 0 Å². The molecule has 0 spiro atoms. The summed E-state index contributed by atoms with van der Waals surface area (Å²) in [6, 6.07) is 6.48. The normalized spacial score (nSPS) is 14.8. The van der Waals surface area contributed by atoms with Crippen molar-refractivity contribution in [1.82, 2.24) is 4.90 Å². The van der Waals surface area contributed by atoms with Crippen LogP contribution in [0.3, 0.4) is 0 Å². The molecule has 0 amide bonds. The van der Waals surface area contributed by atoms with Crippen molar-refractivity contribution < 1.29 is 9.90 Å². The summed E-state index contributed by atoms with van der Waals surface area (Å²) in [5.41, 5.74) is 7.74. The standard InChI is InChI=1S/C12H18N2O2/c1-8-6-4-5-7-9(8)11(14(2)3)10(13)12(15)16/h4-7,10-11H,13H2,1-3H3,(H,15,16). The molecule has 0 radical (unpaired) electrons. The smallest absolute Gasteiger partial charge is 0.322 e. The van der Waals surface area contributed by atoms with E-state index in [0.717, 1.165) is 11.1 Å². The zero-order valence-corrected chi connectivity index (χ0v) is 9.84. The monoisotopic (exact) mass is 222 g/mol. The highest BCUT2D eigenvalue weighted by atomic mass is 16.4. The summed E-state index contributed by atoms with van der Waals surface area (Å²) >= 11 is 0. The predicted molar refractivity (Wildman–Crippen MR) is 63.2 cm³/mol. The molecule has 0 saturated heterocycles. The van der Waals surface area contributed by atoms with Crippen molar-refractivity contribution in [3.63, 3.8) is 0 Å². The Balaban J connectivity index is 3.13. The van der Waals surface area contributed by atoms with Crippen LogP contribution in [0.1, 0.15) is 17.2 Å². The molecular weight excluding hydrogens is 204 g/mol. The third kappa shape index (κ3) is 2.59. The van der Waals surface area contributed by atoms with Gasteiger partial charge in [-0.1, -0.05) is 24.3 Å². The van der Waals surface area contributed by atoms with Crippen molar-refractivity contribution in [2.24, 2.45) is 5.73 Å². The summed E-state index contributed by atoms with van der Waals surface area (Å²) < 4.78 is 0. The fourth-order valence-electron chi connectivity index (χ4n) is 1.85. The van der Waals surface area contributed by atoms with Crippen molar-refractivity contribution in [2.75, 3.05) is 14.1 Å². The molecule has 2 atom stereocenters. The molecule has 1 aromatic carbocycles. The largest absolute Gasteiger partial charge is 0.480 e. The number of carboxylic acids is 1. The van der Waals surface area contributed by atoms with E-state index in [2.05, 4.69) is 0 Å². The lowest BCUT2D eigenvalue weighted by molar-refractivity contribution is -0.140. The van der Waals surface area contributed by atoms with Crippen molar-refractivity contribution >= 4 is 5.97 Å².